The molecule has 0 aromatic rings. The lowest BCUT2D eigenvalue weighted by Gasteiger charge is -2.18. The molecule has 0 aliphatic rings. The summed E-state index contributed by atoms with van der Waals surface area (Å²) >= 11 is 0. The lowest BCUT2D eigenvalue weighted by atomic mass is 10.1. The second kappa shape index (κ2) is 51.2. The van der Waals surface area contributed by atoms with Crippen molar-refractivity contribution in [2.75, 3.05) is 13.2 Å². The predicted molar refractivity (Wildman–Crippen MR) is 274 cm³/mol. The molecule has 0 rings (SSSR count). The quantitative estimate of drug-likeness (QED) is 0.0200. The van der Waals surface area contributed by atoms with Gasteiger partial charge in [-0.3, -0.25) is 14.4 Å². The molecular weight excluding hydrogens is 793 g/mol. The van der Waals surface area contributed by atoms with Crippen LogP contribution in [0.25, 0.3) is 0 Å². The number of rotatable bonds is 43. The van der Waals surface area contributed by atoms with Gasteiger partial charge in [-0.15, -0.1) is 0 Å². The molecule has 0 aliphatic carbocycles. The smallest absolute Gasteiger partial charge is 0.306 e. The molecule has 0 aliphatic heterocycles. The zero-order chi connectivity index (χ0) is 46.5. The van der Waals surface area contributed by atoms with Gasteiger partial charge < -0.3 is 14.2 Å². The highest BCUT2D eigenvalue weighted by atomic mass is 16.6. The number of carbonyl (C=O) groups is 3. The van der Waals surface area contributed by atoms with E-state index in [4.69, 9.17) is 14.2 Å². The molecule has 0 heterocycles. The molecule has 0 bridgehead atoms. The second-order valence-corrected chi connectivity index (χ2v) is 16.2. The van der Waals surface area contributed by atoms with Gasteiger partial charge in [-0.25, -0.2) is 0 Å². The third kappa shape index (κ3) is 48.6. The van der Waals surface area contributed by atoms with Crippen LogP contribution in [0.3, 0.4) is 0 Å². The summed E-state index contributed by atoms with van der Waals surface area (Å²) in [5.74, 6) is -1.03. The van der Waals surface area contributed by atoms with E-state index in [1.165, 1.54) is 51.4 Å². The normalized spacial score (nSPS) is 13.2. The lowest BCUT2D eigenvalue weighted by molar-refractivity contribution is -0.167. The van der Waals surface area contributed by atoms with Gasteiger partial charge in [-0.2, -0.15) is 0 Å². The van der Waals surface area contributed by atoms with E-state index >= 15 is 0 Å². The van der Waals surface area contributed by atoms with Gasteiger partial charge in [0, 0.05) is 19.3 Å². The van der Waals surface area contributed by atoms with E-state index in [0.717, 1.165) is 96.3 Å². The average Bonchev–Trinajstić information content (AvgIpc) is 3.29. The highest BCUT2D eigenvalue weighted by Gasteiger charge is 2.19. The van der Waals surface area contributed by atoms with Crippen LogP contribution >= 0.6 is 0 Å². The Morgan fingerprint density at radius 3 is 1.19 bits per heavy atom. The SMILES string of the molecule is CC\C=C/C=C\C=C/C=C\C=C\C=C/C=C\CCCCCC(=O)OCC(COC(=O)CCCC/C=C\C/C=C\CC)OC(=O)CCCCCCC/C=C\C=C/CCCCCCCCC. The topological polar surface area (TPSA) is 78.9 Å². The van der Waals surface area contributed by atoms with Crippen LogP contribution in [0.15, 0.2) is 134 Å². The number of hydrogen-bond acceptors (Lipinski definition) is 6. The highest BCUT2D eigenvalue weighted by Crippen LogP contribution is 2.12. The minimum Gasteiger partial charge on any atom is -0.462 e. The Morgan fingerprint density at radius 2 is 0.688 bits per heavy atom. The number of unbranched alkanes of at least 4 members (excludes halogenated alkanes) is 17. The lowest BCUT2D eigenvalue weighted by Crippen LogP contribution is -2.30. The summed E-state index contributed by atoms with van der Waals surface area (Å²) < 4.78 is 16.7. The van der Waals surface area contributed by atoms with Crippen LogP contribution in [-0.4, -0.2) is 37.2 Å². The maximum atomic E-state index is 12.8. The van der Waals surface area contributed by atoms with Crippen molar-refractivity contribution in [2.24, 2.45) is 0 Å². The van der Waals surface area contributed by atoms with Crippen molar-refractivity contribution in [1.29, 1.82) is 0 Å². The van der Waals surface area contributed by atoms with Crippen molar-refractivity contribution >= 4 is 17.9 Å². The molecule has 0 saturated carbocycles. The minimum absolute atomic E-state index is 0.122. The van der Waals surface area contributed by atoms with Crippen LogP contribution in [0.2, 0.25) is 0 Å². The van der Waals surface area contributed by atoms with Crippen molar-refractivity contribution in [3.8, 4) is 0 Å². The molecule has 6 nitrogen and oxygen atoms in total. The van der Waals surface area contributed by atoms with E-state index in [1.807, 2.05) is 72.9 Å². The Morgan fingerprint density at radius 1 is 0.344 bits per heavy atom. The molecule has 0 N–H and O–H groups in total. The standard InChI is InChI=1S/C58H90O6/c1-4-7-10-13-16-19-21-23-25-27-29-31-32-34-36-39-42-45-48-51-57(60)63-54-55(53-62-56(59)50-47-44-41-38-18-15-12-9-6-3)64-58(61)52-49-46-43-40-37-35-33-30-28-26-24-22-20-17-14-11-8-5-2/h7,9-10,12-13,16,18-19,21,23,25-34,36,38,55H,4-6,8,11,14-15,17,20,22,24,35,37,39-54H2,1-3H3/b10-7-,12-9-,16-13-,21-19-,25-23-,28-26-,29-27+,32-31-,33-30-,36-34-,38-18-. The summed E-state index contributed by atoms with van der Waals surface area (Å²) in [5.41, 5.74) is 0. The number of ether oxygens (including phenoxy) is 3. The Kier molecular flexibility index (Phi) is 47.6. The van der Waals surface area contributed by atoms with E-state index in [-0.39, 0.29) is 37.5 Å². The molecule has 6 heteroatoms. The molecule has 0 aromatic heterocycles. The fourth-order valence-electron chi connectivity index (χ4n) is 6.33. The van der Waals surface area contributed by atoms with Crippen molar-refractivity contribution < 1.29 is 28.6 Å². The maximum Gasteiger partial charge on any atom is 0.306 e. The number of esters is 3. The first-order chi connectivity index (χ1) is 31.5. The molecule has 64 heavy (non-hydrogen) atoms. The first-order valence-corrected chi connectivity index (χ1v) is 25.3. The van der Waals surface area contributed by atoms with Crippen molar-refractivity contribution in [1.82, 2.24) is 0 Å². The van der Waals surface area contributed by atoms with Crippen LogP contribution in [0.5, 0.6) is 0 Å². The molecular formula is C58H90O6. The van der Waals surface area contributed by atoms with Crippen molar-refractivity contribution in [3.05, 3.63) is 134 Å². The summed E-state index contributed by atoms with van der Waals surface area (Å²) in [6.45, 7) is 6.25. The highest BCUT2D eigenvalue weighted by molar-refractivity contribution is 5.71. The monoisotopic (exact) mass is 883 g/mol. The summed E-state index contributed by atoms with van der Waals surface area (Å²) in [4.78, 5) is 37.9. The van der Waals surface area contributed by atoms with E-state index in [2.05, 4.69) is 81.5 Å². The van der Waals surface area contributed by atoms with Crippen LogP contribution in [0.4, 0.5) is 0 Å². The molecule has 1 unspecified atom stereocenters. The zero-order valence-corrected chi connectivity index (χ0v) is 40.7. The Bertz CT molecular complexity index is 1430. The third-order valence-electron chi connectivity index (χ3n) is 10.1. The van der Waals surface area contributed by atoms with Gasteiger partial charge in [0.05, 0.1) is 0 Å². The summed E-state index contributed by atoms with van der Waals surface area (Å²) in [6, 6.07) is 0. The first-order valence-electron chi connectivity index (χ1n) is 25.3. The van der Waals surface area contributed by atoms with Gasteiger partial charge in [-0.05, 0) is 89.9 Å². The number of carbonyl (C=O) groups excluding carboxylic acids is 3. The van der Waals surface area contributed by atoms with Crippen LogP contribution in [0, 0.1) is 0 Å². The summed E-state index contributed by atoms with van der Waals surface area (Å²) in [6.07, 6.45) is 71.6. The minimum atomic E-state index is -0.822. The number of hydrogen-bond donors (Lipinski definition) is 0. The van der Waals surface area contributed by atoms with Crippen LogP contribution < -0.4 is 0 Å². The zero-order valence-electron chi connectivity index (χ0n) is 40.7. The van der Waals surface area contributed by atoms with Crippen molar-refractivity contribution in [3.63, 3.8) is 0 Å². The second-order valence-electron chi connectivity index (χ2n) is 16.2. The first kappa shape index (κ1) is 59.5. The van der Waals surface area contributed by atoms with Crippen LogP contribution in [0.1, 0.15) is 194 Å². The van der Waals surface area contributed by atoms with Gasteiger partial charge in [0.25, 0.3) is 0 Å². The van der Waals surface area contributed by atoms with E-state index in [1.54, 1.807) is 0 Å². The average molecular weight is 883 g/mol. The van der Waals surface area contributed by atoms with Gasteiger partial charge in [0.1, 0.15) is 13.2 Å². The van der Waals surface area contributed by atoms with E-state index in [9.17, 15) is 14.4 Å². The maximum absolute atomic E-state index is 12.8. The molecule has 0 aromatic carbocycles. The fourth-order valence-corrected chi connectivity index (χ4v) is 6.33. The van der Waals surface area contributed by atoms with Gasteiger partial charge in [0.2, 0.25) is 0 Å². The molecule has 0 radical (unpaired) electrons. The largest absolute Gasteiger partial charge is 0.462 e. The fraction of sp³-hybridized carbons (Fsp3) is 0.569. The molecule has 0 saturated heterocycles. The summed E-state index contributed by atoms with van der Waals surface area (Å²) in [5, 5.41) is 0. The van der Waals surface area contributed by atoms with E-state index < -0.39 is 6.10 Å². The molecule has 0 fully saturated rings. The van der Waals surface area contributed by atoms with Gasteiger partial charge in [0.15, 0.2) is 6.10 Å². The molecule has 0 spiro atoms. The Labute approximate surface area is 392 Å². The summed E-state index contributed by atoms with van der Waals surface area (Å²) in [7, 11) is 0. The Hall–Kier alpha value is -4.45. The van der Waals surface area contributed by atoms with Crippen LogP contribution in [-0.2, 0) is 28.6 Å². The molecule has 1 atom stereocenters. The van der Waals surface area contributed by atoms with Gasteiger partial charge in [-0.1, -0.05) is 219 Å². The van der Waals surface area contributed by atoms with E-state index in [0.29, 0.717) is 19.3 Å². The van der Waals surface area contributed by atoms with Gasteiger partial charge >= 0.3 is 17.9 Å². The molecule has 0 amide bonds. The predicted octanol–water partition coefficient (Wildman–Crippen LogP) is 16.7. The van der Waals surface area contributed by atoms with Crippen molar-refractivity contribution in [2.45, 2.75) is 200 Å². The number of allylic oxidation sites excluding steroid dienone is 22. The third-order valence-corrected chi connectivity index (χ3v) is 10.1. The Balaban J connectivity index is 4.51. The molecule has 358 valence electrons.